The standard InChI is InChI=1S/C14H20N2O2/c1-10(2)16-4-5-18-13(9-16)14(17)12-6-11(3)7-15-8-12/h6-8,10,13H,4-5,9H2,1-3H3. The van der Waals surface area contributed by atoms with Crippen LogP contribution < -0.4 is 0 Å². The average Bonchev–Trinajstić information content (AvgIpc) is 2.38. The molecule has 2 heterocycles. The van der Waals surface area contributed by atoms with E-state index in [0.717, 1.165) is 12.1 Å². The maximum atomic E-state index is 12.3. The number of aryl methyl sites for hydroxylation is 1. The van der Waals surface area contributed by atoms with Gasteiger partial charge in [0.25, 0.3) is 0 Å². The highest BCUT2D eigenvalue weighted by Crippen LogP contribution is 2.14. The minimum atomic E-state index is -0.357. The van der Waals surface area contributed by atoms with Crippen molar-refractivity contribution in [3.8, 4) is 0 Å². The molecule has 0 amide bonds. The predicted octanol–water partition coefficient (Wildman–Crippen LogP) is 1.68. The van der Waals surface area contributed by atoms with E-state index in [0.29, 0.717) is 24.8 Å². The van der Waals surface area contributed by atoms with Crippen LogP contribution in [0.3, 0.4) is 0 Å². The molecule has 18 heavy (non-hydrogen) atoms. The van der Waals surface area contributed by atoms with Crippen molar-refractivity contribution < 1.29 is 9.53 Å². The molecule has 1 aromatic rings. The summed E-state index contributed by atoms with van der Waals surface area (Å²) >= 11 is 0. The maximum Gasteiger partial charge on any atom is 0.194 e. The van der Waals surface area contributed by atoms with E-state index in [2.05, 4.69) is 23.7 Å². The molecule has 0 N–H and O–H groups in total. The molecule has 1 atom stereocenters. The lowest BCUT2D eigenvalue weighted by Gasteiger charge is -2.34. The number of hydrogen-bond acceptors (Lipinski definition) is 4. The molecule has 1 aliphatic rings. The zero-order chi connectivity index (χ0) is 13.1. The first-order chi connectivity index (χ1) is 8.58. The number of nitrogens with zero attached hydrogens (tertiary/aromatic N) is 2. The van der Waals surface area contributed by atoms with Crippen molar-refractivity contribution in [1.82, 2.24) is 9.88 Å². The van der Waals surface area contributed by atoms with Gasteiger partial charge in [0.2, 0.25) is 0 Å². The lowest BCUT2D eigenvalue weighted by atomic mass is 10.0. The van der Waals surface area contributed by atoms with Gasteiger partial charge in [0.1, 0.15) is 6.10 Å². The van der Waals surface area contributed by atoms with Crippen LogP contribution in [0, 0.1) is 6.92 Å². The second-order valence-corrected chi connectivity index (χ2v) is 5.06. The summed E-state index contributed by atoms with van der Waals surface area (Å²) in [7, 11) is 0. The largest absolute Gasteiger partial charge is 0.367 e. The molecule has 0 aliphatic carbocycles. The molecule has 0 bridgehead atoms. The van der Waals surface area contributed by atoms with E-state index in [1.54, 1.807) is 12.4 Å². The normalized spacial score (nSPS) is 21.2. The first-order valence-corrected chi connectivity index (χ1v) is 6.39. The smallest absolute Gasteiger partial charge is 0.194 e. The highest BCUT2D eigenvalue weighted by Gasteiger charge is 2.28. The van der Waals surface area contributed by atoms with Gasteiger partial charge in [-0.2, -0.15) is 0 Å². The van der Waals surface area contributed by atoms with Crippen molar-refractivity contribution in [2.75, 3.05) is 19.7 Å². The number of rotatable bonds is 3. The van der Waals surface area contributed by atoms with Crippen LogP contribution in [-0.4, -0.2) is 47.5 Å². The third kappa shape index (κ3) is 2.94. The van der Waals surface area contributed by atoms with Crippen molar-refractivity contribution in [3.05, 3.63) is 29.6 Å². The number of hydrogen-bond donors (Lipinski definition) is 0. The molecule has 1 aromatic heterocycles. The topological polar surface area (TPSA) is 42.4 Å². The Balaban J connectivity index is 2.09. The quantitative estimate of drug-likeness (QED) is 0.763. The Bertz CT molecular complexity index is 432. The summed E-state index contributed by atoms with van der Waals surface area (Å²) in [6.45, 7) is 8.40. The number of carbonyl (C=O) groups is 1. The van der Waals surface area contributed by atoms with Crippen LogP contribution in [0.2, 0.25) is 0 Å². The van der Waals surface area contributed by atoms with E-state index >= 15 is 0 Å². The number of carbonyl (C=O) groups excluding carboxylic acids is 1. The summed E-state index contributed by atoms with van der Waals surface area (Å²) < 4.78 is 5.60. The average molecular weight is 248 g/mol. The Morgan fingerprint density at radius 2 is 2.28 bits per heavy atom. The van der Waals surface area contributed by atoms with Crippen LogP contribution in [0.25, 0.3) is 0 Å². The molecule has 0 saturated carbocycles. The summed E-state index contributed by atoms with van der Waals surface area (Å²) in [5.74, 6) is 0.0385. The molecule has 1 aliphatic heterocycles. The lowest BCUT2D eigenvalue weighted by Crippen LogP contribution is -2.48. The van der Waals surface area contributed by atoms with Gasteiger partial charge >= 0.3 is 0 Å². The van der Waals surface area contributed by atoms with Gasteiger partial charge in [-0.25, -0.2) is 0 Å². The van der Waals surface area contributed by atoms with E-state index in [4.69, 9.17) is 4.74 Å². The zero-order valence-corrected chi connectivity index (χ0v) is 11.2. The van der Waals surface area contributed by atoms with E-state index < -0.39 is 0 Å². The van der Waals surface area contributed by atoms with E-state index in [9.17, 15) is 4.79 Å². The summed E-state index contributed by atoms with van der Waals surface area (Å²) in [4.78, 5) is 18.7. The molecule has 2 rings (SSSR count). The van der Waals surface area contributed by atoms with Crippen molar-refractivity contribution >= 4 is 5.78 Å². The molecule has 1 unspecified atom stereocenters. The molecule has 4 heteroatoms. The van der Waals surface area contributed by atoms with Crippen LogP contribution in [0.5, 0.6) is 0 Å². The third-order valence-electron chi connectivity index (χ3n) is 3.28. The molecule has 98 valence electrons. The maximum absolute atomic E-state index is 12.3. The number of Topliss-reactive ketones (excluding diaryl/α,β-unsaturated/α-hetero) is 1. The highest BCUT2D eigenvalue weighted by atomic mass is 16.5. The number of ketones is 1. The number of aromatic nitrogens is 1. The van der Waals surface area contributed by atoms with E-state index in [1.165, 1.54) is 0 Å². The molecule has 1 saturated heterocycles. The van der Waals surface area contributed by atoms with Gasteiger partial charge in [0.05, 0.1) is 6.61 Å². The molecule has 0 radical (unpaired) electrons. The fourth-order valence-electron chi connectivity index (χ4n) is 2.17. The predicted molar refractivity (Wildman–Crippen MR) is 69.8 cm³/mol. The monoisotopic (exact) mass is 248 g/mol. The minimum Gasteiger partial charge on any atom is -0.367 e. The Hall–Kier alpha value is -1.26. The summed E-state index contributed by atoms with van der Waals surface area (Å²) in [5.41, 5.74) is 1.64. The Kier molecular flexibility index (Phi) is 4.09. The molecule has 0 aromatic carbocycles. The first kappa shape index (κ1) is 13.2. The minimum absolute atomic E-state index is 0.0385. The summed E-state index contributed by atoms with van der Waals surface area (Å²) in [6.07, 6.45) is 3.01. The van der Waals surface area contributed by atoms with Gasteiger partial charge in [-0.15, -0.1) is 0 Å². The van der Waals surface area contributed by atoms with Crippen molar-refractivity contribution in [2.45, 2.75) is 32.9 Å². The van der Waals surface area contributed by atoms with Gasteiger partial charge in [0, 0.05) is 37.1 Å². The van der Waals surface area contributed by atoms with Crippen molar-refractivity contribution in [3.63, 3.8) is 0 Å². The number of ether oxygens (including phenoxy) is 1. The first-order valence-electron chi connectivity index (χ1n) is 6.39. The van der Waals surface area contributed by atoms with Gasteiger partial charge in [-0.05, 0) is 32.4 Å². The van der Waals surface area contributed by atoms with Crippen LogP contribution in [-0.2, 0) is 4.74 Å². The van der Waals surface area contributed by atoms with Crippen molar-refractivity contribution in [2.24, 2.45) is 0 Å². The molecular formula is C14H20N2O2. The molecule has 1 fully saturated rings. The molecule has 0 spiro atoms. The summed E-state index contributed by atoms with van der Waals surface area (Å²) in [5, 5.41) is 0. The van der Waals surface area contributed by atoms with E-state index in [-0.39, 0.29) is 11.9 Å². The van der Waals surface area contributed by atoms with Gasteiger partial charge in [-0.3, -0.25) is 14.7 Å². The fraction of sp³-hybridized carbons (Fsp3) is 0.571. The fourth-order valence-corrected chi connectivity index (χ4v) is 2.17. The van der Waals surface area contributed by atoms with Crippen LogP contribution in [0.15, 0.2) is 18.5 Å². The second kappa shape index (κ2) is 5.59. The van der Waals surface area contributed by atoms with Crippen LogP contribution in [0.1, 0.15) is 29.8 Å². The zero-order valence-electron chi connectivity index (χ0n) is 11.2. The Labute approximate surface area is 108 Å². The molecule has 4 nitrogen and oxygen atoms in total. The Morgan fingerprint density at radius 3 is 2.94 bits per heavy atom. The Morgan fingerprint density at radius 1 is 1.50 bits per heavy atom. The van der Waals surface area contributed by atoms with Crippen LogP contribution in [0.4, 0.5) is 0 Å². The molecular weight excluding hydrogens is 228 g/mol. The van der Waals surface area contributed by atoms with E-state index in [1.807, 2.05) is 13.0 Å². The van der Waals surface area contributed by atoms with Gasteiger partial charge in [0.15, 0.2) is 5.78 Å². The SMILES string of the molecule is Cc1cncc(C(=O)C2CN(C(C)C)CCO2)c1. The number of morpholine rings is 1. The number of pyridine rings is 1. The van der Waals surface area contributed by atoms with Gasteiger partial charge in [-0.1, -0.05) is 0 Å². The second-order valence-electron chi connectivity index (χ2n) is 5.06. The lowest BCUT2D eigenvalue weighted by molar-refractivity contribution is -0.0256. The van der Waals surface area contributed by atoms with Crippen LogP contribution >= 0.6 is 0 Å². The third-order valence-corrected chi connectivity index (χ3v) is 3.28. The van der Waals surface area contributed by atoms with Gasteiger partial charge < -0.3 is 4.74 Å². The van der Waals surface area contributed by atoms with Crippen molar-refractivity contribution in [1.29, 1.82) is 0 Å². The highest BCUT2D eigenvalue weighted by molar-refractivity contribution is 5.99. The summed E-state index contributed by atoms with van der Waals surface area (Å²) in [6, 6.07) is 2.31.